The average Bonchev–Trinajstić information content (AvgIpc) is 2.69. The number of fused-ring (bicyclic) bond motifs is 1. The zero-order valence-electron chi connectivity index (χ0n) is 11.3. The van der Waals surface area contributed by atoms with Crippen LogP contribution in [0.15, 0.2) is 10.5 Å². The van der Waals surface area contributed by atoms with Gasteiger partial charge in [-0.25, -0.2) is 9.18 Å². The second-order valence-corrected chi connectivity index (χ2v) is 6.46. The summed E-state index contributed by atoms with van der Waals surface area (Å²) in [5.41, 5.74) is 1.64. The minimum Gasteiger partial charge on any atom is -0.444 e. The smallest absolute Gasteiger partial charge is 0.412 e. The molecule has 3 nitrogen and oxygen atoms in total. The highest BCUT2D eigenvalue weighted by molar-refractivity contribution is 9.10. The summed E-state index contributed by atoms with van der Waals surface area (Å²) in [7, 11) is 0. The Morgan fingerprint density at radius 3 is 2.74 bits per heavy atom. The molecule has 0 unspecified atom stereocenters. The van der Waals surface area contributed by atoms with Crippen LogP contribution in [0.1, 0.15) is 38.3 Å². The maximum absolute atomic E-state index is 14.0. The van der Waals surface area contributed by atoms with Gasteiger partial charge in [-0.05, 0) is 73.2 Å². The van der Waals surface area contributed by atoms with E-state index in [0.717, 1.165) is 30.4 Å². The van der Waals surface area contributed by atoms with E-state index in [1.54, 1.807) is 20.8 Å². The minimum absolute atomic E-state index is 0.162. The van der Waals surface area contributed by atoms with Gasteiger partial charge >= 0.3 is 6.09 Å². The number of hydrogen-bond donors (Lipinski definition) is 1. The first kappa shape index (κ1) is 14.3. The van der Waals surface area contributed by atoms with Crippen molar-refractivity contribution in [3.8, 4) is 0 Å². The van der Waals surface area contributed by atoms with Gasteiger partial charge < -0.3 is 4.74 Å². The fourth-order valence-corrected chi connectivity index (χ4v) is 2.92. The summed E-state index contributed by atoms with van der Waals surface area (Å²) in [6.45, 7) is 5.29. The normalized spacial score (nSPS) is 14.2. The van der Waals surface area contributed by atoms with E-state index in [9.17, 15) is 9.18 Å². The molecule has 1 aromatic carbocycles. The van der Waals surface area contributed by atoms with E-state index in [-0.39, 0.29) is 5.69 Å². The molecular weight excluding hydrogens is 313 g/mol. The predicted molar refractivity (Wildman–Crippen MR) is 76.0 cm³/mol. The van der Waals surface area contributed by atoms with Crippen molar-refractivity contribution in [3.63, 3.8) is 0 Å². The maximum atomic E-state index is 14.0. The van der Waals surface area contributed by atoms with Gasteiger partial charge in [-0.3, -0.25) is 5.32 Å². The number of carbonyl (C=O) groups is 1. The average molecular weight is 330 g/mol. The first-order valence-electron chi connectivity index (χ1n) is 6.27. The lowest BCUT2D eigenvalue weighted by molar-refractivity contribution is 0.0635. The van der Waals surface area contributed by atoms with Crippen LogP contribution in [-0.4, -0.2) is 11.7 Å². The Balaban J connectivity index is 2.24. The molecule has 0 fully saturated rings. The monoisotopic (exact) mass is 329 g/mol. The molecule has 0 aromatic heterocycles. The molecule has 0 saturated carbocycles. The van der Waals surface area contributed by atoms with Crippen molar-refractivity contribution in [2.45, 2.75) is 45.6 Å². The number of benzene rings is 1. The molecule has 1 aromatic rings. The van der Waals surface area contributed by atoms with E-state index >= 15 is 0 Å². The molecule has 0 radical (unpaired) electrons. The van der Waals surface area contributed by atoms with Gasteiger partial charge in [0.15, 0.2) is 0 Å². The number of aryl methyl sites for hydroxylation is 1. The predicted octanol–water partition coefficient (Wildman–Crippen LogP) is 4.42. The summed E-state index contributed by atoms with van der Waals surface area (Å²) >= 11 is 3.38. The lowest BCUT2D eigenvalue weighted by Crippen LogP contribution is -2.27. The standard InChI is InChI=1S/C14H17BrFNO2/c1-14(2,3)19-13(18)17-12-10(16)7-8-5-4-6-9(8)11(12)15/h7H,4-6H2,1-3H3,(H,17,18). The van der Waals surface area contributed by atoms with Crippen molar-refractivity contribution in [2.75, 3.05) is 5.32 Å². The lowest BCUT2D eigenvalue weighted by atomic mass is 10.1. The third-order valence-electron chi connectivity index (χ3n) is 2.91. The molecule has 0 bridgehead atoms. The molecule has 0 spiro atoms. The largest absolute Gasteiger partial charge is 0.444 e. The van der Waals surface area contributed by atoms with Crippen LogP contribution in [0.3, 0.4) is 0 Å². The molecular formula is C14H17BrFNO2. The number of halogens is 2. The van der Waals surface area contributed by atoms with Crippen LogP contribution in [-0.2, 0) is 17.6 Å². The van der Waals surface area contributed by atoms with Crippen molar-refractivity contribution in [1.29, 1.82) is 0 Å². The molecule has 1 N–H and O–H groups in total. The molecule has 0 atom stereocenters. The van der Waals surface area contributed by atoms with E-state index in [0.29, 0.717) is 4.47 Å². The summed E-state index contributed by atoms with van der Waals surface area (Å²) < 4.78 is 19.8. The second kappa shape index (κ2) is 5.12. The van der Waals surface area contributed by atoms with Gasteiger partial charge in [-0.15, -0.1) is 0 Å². The van der Waals surface area contributed by atoms with Gasteiger partial charge in [0.2, 0.25) is 0 Å². The number of anilines is 1. The van der Waals surface area contributed by atoms with E-state index in [1.807, 2.05) is 0 Å². The van der Waals surface area contributed by atoms with Gasteiger partial charge in [-0.1, -0.05) is 0 Å². The SMILES string of the molecule is CC(C)(C)OC(=O)Nc1c(F)cc2c(c1Br)CCC2. The molecule has 19 heavy (non-hydrogen) atoms. The Bertz CT molecular complexity index is 523. The molecule has 5 heteroatoms. The Morgan fingerprint density at radius 2 is 2.11 bits per heavy atom. The number of amides is 1. The zero-order valence-corrected chi connectivity index (χ0v) is 12.9. The minimum atomic E-state index is -0.648. The van der Waals surface area contributed by atoms with Crippen LogP contribution in [0.5, 0.6) is 0 Å². The molecule has 104 valence electrons. The van der Waals surface area contributed by atoms with Gasteiger partial charge in [0, 0.05) is 4.47 Å². The molecule has 2 rings (SSSR count). The highest BCUT2D eigenvalue weighted by Crippen LogP contribution is 2.37. The van der Waals surface area contributed by atoms with E-state index in [1.165, 1.54) is 6.07 Å². The highest BCUT2D eigenvalue weighted by Gasteiger charge is 2.23. The molecule has 0 aliphatic heterocycles. The van der Waals surface area contributed by atoms with Crippen molar-refractivity contribution < 1.29 is 13.9 Å². The zero-order chi connectivity index (χ0) is 14.2. The third-order valence-corrected chi connectivity index (χ3v) is 3.79. The number of rotatable bonds is 1. The summed E-state index contributed by atoms with van der Waals surface area (Å²) in [4.78, 5) is 11.7. The first-order valence-corrected chi connectivity index (χ1v) is 7.07. The third kappa shape index (κ3) is 3.26. The van der Waals surface area contributed by atoms with Crippen LogP contribution >= 0.6 is 15.9 Å². The number of ether oxygens (including phenoxy) is 1. The van der Waals surface area contributed by atoms with E-state index in [2.05, 4.69) is 21.2 Å². The van der Waals surface area contributed by atoms with Crippen molar-refractivity contribution in [1.82, 2.24) is 0 Å². The molecule has 0 saturated heterocycles. The van der Waals surface area contributed by atoms with Crippen molar-refractivity contribution in [2.24, 2.45) is 0 Å². The van der Waals surface area contributed by atoms with Crippen molar-refractivity contribution >= 4 is 27.7 Å². The Morgan fingerprint density at radius 1 is 1.42 bits per heavy atom. The van der Waals surface area contributed by atoms with Gasteiger partial charge in [0.05, 0.1) is 5.69 Å². The van der Waals surface area contributed by atoms with Crippen LogP contribution in [0.4, 0.5) is 14.9 Å². The number of carbonyl (C=O) groups excluding carboxylic acids is 1. The fraction of sp³-hybridized carbons (Fsp3) is 0.500. The fourth-order valence-electron chi connectivity index (χ4n) is 2.18. The highest BCUT2D eigenvalue weighted by atomic mass is 79.9. The quantitative estimate of drug-likeness (QED) is 0.827. The van der Waals surface area contributed by atoms with Crippen LogP contribution in [0.25, 0.3) is 0 Å². The Kier molecular flexibility index (Phi) is 3.85. The number of nitrogens with one attached hydrogen (secondary N) is 1. The summed E-state index contributed by atoms with van der Waals surface area (Å²) in [6.07, 6.45) is 2.16. The second-order valence-electron chi connectivity index (χ2n) is 5.67. The lowest BCUT2D eigenvalue weighted by Gasteiger charge is -2.20. The van der Waals surface area contributed by atoms with Gasteiger partial charge in [0.1, 0.15) is 11.4 Å². The van der Waals surface area contributed by atoms with E-state index in [4.69, 9.17) is 4.74 Å². The van der Waals surface area contributed by atoms with Gasteiger partial charge in [0.25, 0.3) is 0 Å². The first-order chi connectivity index (χ1) is 8.78. The molecule has 0 heterocycles. The van der Waals surface area contributed by atoms with Crippen LogP contribution in [0.2, 0.25) is 0 Å². The molecule has 1 amide bonds. The molecule has 1 aliphatic carbocycles. The Hall–Kier alpha value is -1.10. The van der Waals surface area contributed by atoms with Crippen LogP contribution in [0, 0.1) is 5.82 Å². The summed E-state index contributed by atoms with van der Waals surface area (Å²) in [5, 5.41) is 2.48. The van der Waals surface area contributed by atoms with Gasteiger partial charge in [-0.2, -0.15) is 0 Å². The molecule has 1 aliphatic rings. The maximum Gasteiger partial charge on any atom is 0.412 e. The van der Waals surface area contributed by atoms with Crippen LogP contribution < -0.4 is 5.32 Å². The number of hydrogen-bond acceptors (Lipinski definition) is 2. The summed E-state index contributed by atoms with van der Waals surface area (Å²) in [5.74, 6) is -0.432. The topological polar surface area (TPSA) is 38.3 Å². The Labute approximate surface area is 120 Å². The summed E-state index contributed by atoms with van der Waals surface area (Å²) in [6, 6.07) is 1.50. The van der Waals surface area contributed by atoms with Crippen molar-refractivity contribution in [3.05, 3.63) is 27.5 Å². The van der Waals surface area contributed by atoms with E-state index < -0.39 is 17.5 Å².